The first kappa shape index (κ1) is 21.0. The number of halogens is 3. The van der Waals surface area contributed by atoms with Crippen LogP contribution >= 0.6 is 11.8 Å². The van der Waals surface area contributed by atoms with Crippen molar-refractivity contribution >= 4 is 28.6 Å². The van der Waals surface area contributed by atoms with Crippen LogP contribution in [0.1, 0.15) is 22.6 Å². The fourth-order valence-corrected chi connectivity index (χ4v) is 4.33. The summed E-state index contributed by atoms with van der Waals surface area (Å²) in [5, 5.41) is 10.0. The van der Waals surface area contributed by atoms with Crippen molar-refractivity contribution in [1.29, 1.82) is 0 Å². The van der Waals surface area contributed by atoms with Gasteiger partial charge in [-0.15, -0.1) is 11.8 Å². The zero-order chi connectivity index (χ0) is 22.2. The molecule has 0 spiro atoms. The van der Waals surface area contributed by atoms with Gasteiger partial charge in [-0.3, -0.25) is 4.79 Å². The highest BCUT2D eigenvalue weighted by molar-refractivity contribution is 7.98. The third-order valence-corrected chi connectivity index (χ3v) is 5.79. The molecule has 2 aromatic carbocycles. The molecule has 0 saturated carbocycles. The van der Waals surface area contributed by atoms with Gasteiger partial charge in [0, 0.05) is 22.0 Å². The van der Waals surface area contributed by atoms with Crippen LogP contribution in [0.5, 0.6) is 0 Å². The van der Waals surface area contributed by atoms with Gasteiger partial charge in [-0.25, -0.2) is 4.98 Å². The summed E-state index contributed by atoms with van der Waals surface area (Å²) in [6.07, 6.45) is -2.68. The summed E-state index contributed by atoms with van der Waals surface area (Å²) in [7, 11) is 0. The summed E-state index contributed by atoms with van der Waals surface area (Å²) < 4.78 is 44.1. The quantitative estimate of drug-likeness (QED) is 0.352. The molecule has 2 heterocycles. The summed E-state index contributed by atoms with van der Waals surface area (Å²) in [6, 6.07) is 10.2. The maximum Gasteiger partial charge on any atom is 0.416 e. The van der Waals surface area contributed by atoms with Crippen molar-refractivity contribution in [3.8, 4) is 11.5 Å². The van der Waals surface area contributed by atoms with E-state index in [0.717, 1.165) is 27.9 Å². The molecule has 31 heavy (non-hydrogen) atoms. The highest BCUT2D eigenvalue weighted by atomic mass is 32.2. The van der Waals surface area contributed by atoms with Crippen molar-refractivity contribution in [3.63, 3.8) is 0 Å². The molecule has 0 aliphatic heterocycles. The number of carbonyl (C=O) groups is 1. The lowest BCUT2D eigenvalue weighted by Gasteiger charge is -2.06. The number of benzene rings is 2. The van der Waals surface area contributed by atoms with Gasteiger partial charge < -0.3 is 14.5 Å². The Morgan fingerprint density at radius 1 is 1.19 bits per heavy atom. The molecule has 0 bridgehead atoms. The number of hydrogen-bond donors (Lipinski definition) is 2. The number of carboxylic acids is 1. The third-order valence-electron chi connectivity index (χ3n) is 4.75. The average Bonchev–Trinajstić information content (AvgIpc) is 3.31. The second-order valence-corrected chi connectivity index (χ2v) is 8.01. The molecule has 0 aliphatic carbocycles. The molecule has 0 radical (unpaired) electrons. The van der Waals surface area contributed by atoms with E-state index in [2.05, 4.69) is 9.97 Å². The standard InChI is InChI=1S/C22H17F3N2O3S/c1-12-17(30-21(27-12)14-2-4-16(5-3-14)22(23,24)25)11-31-18-9-13(10-19(28)29)8-15-6-7-26-20(15)18/h2-9,26H,10-11H2,1H3,(H,28,29). The van der Waals surface area contributed by atoms with E-state index in [1.54, 1.807) is 13.1 Å². The van der Waals surface area contributed by atoms with Crippen LogP contribution in [0, 0.1) is 6.92 Å². The van der Waals surface area contributed by atoms with Gasteiger partial charge in [0.15, 0.2) is 0 Å². The average molecular weight is 446 g/mol. The van der Waals surface area contributed by atoms with E-state index in [9.17, 15) is 18.0 Å². The van der Waals surface area contributed by atoms with E-state index in [4.69, 9.17) is 9.52 Å². The van der Waals surface area contributed by atoms with Crippen LogP contribution in [0.25, 0.3) is 22.4 Å². The summed E-state index contributed by atoms with van der Waals surface area (Å²) in [4.78, 5) is 19.5. The largest absolute Gasteiger partial charge is 0.481 e. The zero-order valence-electron chi connectivity index (χ0n) is 16.3. The fourth-order valence-electron chi connectivity index (χ4n) is 3.22. The van der Waals surface area contributed by atoms with Crippen LogP contribution in [-0.4, -0.2) is 21.0 Å². The van der Waals surface area contributed by atoms with Crippen LogP contribution in [-0.2, 0) is 23.1 Å². The number of nitrogens with zero attached hydrogens (tertiary/aromatic N) is 1. The van der Waals surface area contributed by atoms with Gasteiger partial charge in [-0.2, -0.15) is 13.2 Å². The van der Waals surface area contributed by atoms with Crippen LogP contribution in [0.3, 0.4) is 0 Å². The number of oxazole rings is 1. The van der Waals surface area contributed by atoms with Gasteiger partial charge in [0.25, 0.3) is 0 Å². The van der Waals surface area contributed by atoms with Crippen LogP contribution in [0.2, 0.25) is 0 Å². The van der Waals surface area contributed by atoms with Crippen LogP contribution in [0.15, 0.2) is 58.0 Å². The molecule has 0 amide bonds. The Morgan fingerprint density at radius 2 is 1.94 bits per heavy atom. The molecule has 0 unspecified atom stereocenters. The number of fused-ring (bicyclic) bond motifs is 1. The maximum atomic E-state index is 12.8. The molecule has 0 fully saturated rings. The summed E-state index contributed by atoms with van der Waals surface area (Å²) in [5.41, 5.74) is 1.97. The zero-order valence-corrected chi connectivity index (χ0v) is 17.1. The molecule has 0 saturated heterocycles. The van der Waals surface area contributed by atoms with Crippen LogP contribution in [0.4, 0.5) is 13.2 Å². The van der Waals surface area contributed by atoms with Crippen LogP contribution < -0.4 is 0 Å². The number of nitrogens with one attached hydrogen (secondary N) is 1. The molecule has 9 heteroatoms. The molecule has 160 valence electrons. The number of H-pyrrole nitrogens is 1. The molecule has 2 aromatic heterocycles. The molecule has 4 aromatic rings. The first-order valence-electron chi connectivity index (χ1n) is 9.29. The lowest BCUT2D eigenvalue weighted by atomic mass is 10.1. The third kappa shape index (κ3) is 4.61. The Balaban J connectivity index is 1.56. The SMILES string of the molecule is Cc1nc(-c2ccc(C(F)(F)F)cc2)oc1CSc1cc(CC(=O)O)cc2cc[nH]c12. The predicted molar refractivity (Wildman–Crippen MR) is 111 cm³/mol. The Bertz CT molecular complexity index is 1240. The number of aromatic amines is 1. The number of hydrogen-bond acceptors (Lipinski definition) is 4. The molecular formula is C22H17F3N2O3S. The minimum atomic E-state index is -4.40. The Labute approximate surface area is 179 Å². The lowest BCUT2D eigenvalue weighted by Crippen LogP contribution is -2.03. The first-order valence-corrected chi connectivity index (χ1v) is 10.3. The monoisotopic (exact) mass is 446 g/mol. The molecule has 5 nitrogen and oxygen atoms in total. The molecule has 0 atom stereocenters. The molecule has 4 rings (SSSR count). The summed E-state index contributed by atoms with van der Waals surface area (Å²) in [6.45, 7) is 1.78. The highest BCUT2D eigenvalue weighted by Gasteiger charge is 2.30. The number of aromatic nitrogens is 2. The van der Waals surface area contributed by atoms with Gasteiger partial charge in [0.2, 0.25) is 5.89 Å². The normalized spacial score (nSPS) is 11.9. The van der Waals surface area contributed by atoms with Gasteiger partial charge in [-0.1, -0.05) is 0 Å². The van der Waals surface area contributed by atoms with Gasteiger partial charge in [0.05, 0.1) is 28.9 Å². The van der Waals surface area contributed by atoms with Crippen molar-refractivity contribution < 1.29 is 27.5 Å². The number of alkyl halides is 3. The van der Waals surface area contributed by atoms with Crippen molar-refractivity contribution in [2.75, 3.05) is 0 Å². The van der Waals surface area contributed by atoms with Crippen molar-refractivity contribution in [1.82, 2.24) is 9.97 Å². The van der Waals surface area contributed by atoms with E-state index in [1.165, 1.54) is 23.9 Å². The topological polar surface area (TPSA) is 79.1 Å². The minimum absolute atomic E-state index is 0.0753. The first-order chi connectivity index (χ1) is 14.7. The maximum absolute atomic E-state index is 12.8. The number of rotatable bonds is 6. The van der Waals surface area contributed by atoms with E-state index < -0.39 is 17.7 Å². The summed E-state index contributed by atoms with van der Waals surface area (Å²) in [5.74, 6) is 0.386. The number of aryl methyl sites for hydroxylation is 1. The number of aliphatic carboxylic acids is 1. The second kappa shape index (κ2) is 8.14. The Kier molecular flexibility index (Phi) is 5.53. The number of carboxylic acid groups (broad SMARTS) is 1. The van der Waals surface area contributed by atoms with Gasteiger partial charge in [-0.05, 0) is 55.0 Å². The van der Waals surface area contributed by atoms with Gasteiger partial charge >= 0.3 is 12.1 Å². The fraction of sp³-hybridized carbons (Fsp3) is 0.182. The minimum Gasteiger partial charge on any atom is -0.481 e. The second-order valence-electron chi connectivity index (χ2n) is 7.00. The van der Waals surface area contributed by atoms with Crippen molar-refractivity contribution in [3.05, 3.63) is 71.2 Å². The summed E-state index contributed by atoms with van der Waals surface area (Å²) >= 11 is 1.47. The number of thioether (sulfide) groups is 1. The lowest BCUT2D eigenvalue weighted by molar-refractivity contribution is -0.138. The Hall–Kier alpha value is -3.20. The van der Waals surface area contributed by atoms with Crippen molar-refractivity contribution in [2.45, 2.75) is 30.2 Å². The van der Waals surface area contributed by atoms with E-state index in [-0.39, 0.29) is 12.3 Å². The van der Waals surface area contributed by atoms with E-state index in [1.807, 2.05) is 18.2 Å². The molecule has 0 aliphatic rings. The van der Waals surface area contributed by atoms with E-state index in [0.29, 0.717) is 28.3 Å². The smallest absolute Gasteiger partial charge is 0.416 e. The Morgan fingerprint density at radius 3 is 2.61 bits per heavy atom. The molecule has 2 N–H and O–H groups in total. The highest BCUT2D eigenvalue weighted by Crippen LogP contribution is 2.34. The predicted octanol–water partition coefficient (Wildman–Crippen LogP) is 6.07. The van der Waals surface area contributed by atoms with E-state index >= 15 is 0 Å². The molecular weight excluding hydrogens is 429 g/mol. The van der Waals surface area contributed by atoms with Crippen molar-refractivity contribution in [2.24, 2.45) is 0 Å². The van der Waals surface area contributed by atoms with Gasteiger partial charge in [0.1, 0.15) is 5.76 Å².